The molecule has 1 aliphatic carbocycles. The highest BCUT2D eigenvalue weighted by Gasteiger charge is 2.05. The molecule has 0 N–H and O–H groups in total. The Morgan fingerprint density at radius 1 is 1.25 bits per heavy atom. The number of carbonyl (C=O) groups excluding carboxylic acids is 1. The SMILES string of the molecule is CC1CCCCC1.CCC(C)=O. The molecule has 12 heavy (non-hydrogen) atoms. The van der Waals surface area contributed by atoms with E-state index in [1.54, 1.807) is 6.92 Å². The Bertz CT molecular complexity index is 112. The predicted octanol–water partition coefficient (Wildman–Crippen LogP) is 3.57. The van der Waals surface area contributed by atoms with Gasteiger partial charge in [0.05, 0.1) is 0 Å². The second-order valence-corrected chi connectivity index (χ2v) is 3.80. The fourth-order valence-electron chi connectivity index (χ4n) is 1.31. The van der Waals surface area contributed by atoms with E-state index in [0.717, 1.165) is 5.92 Å². The Labute approximate surface area is 76.6 Å². The molecular formula is C11H22O. The maximum Gasteiger partial charge on any atom is 0.129 e. The van der Waals surface area contributed by atoms with E-state index >= 15 is 0 Å². The van der Waals surface area contributed by atoms with Crippen LogP contribution in [-0.2, 0) is 4.79 Å². The van der Waals surface area contributed by atoms with E-state index in [4.69, 9.17) is 0 Å². The molecule has 0 amide bonds. The van der Waals surface area contributed by atoms with Gasteiger partial charge in [0.25, 0.3) is 0 Å². The average Bonchev–Trinajstić information content (AvgIpc) is 2.07. The summed E-state index contributed by atoms with van der Waals surface area (Å²) in [6, 6.07) is 0. The van der Waals surface area contributed by atoms with E-state index in [2.05, 4.69) is 6.92 Å². The van der Waals surface area contributed by atoms with Crippen LogP contribution in [-0.4, -0.2) is 5.78 Å². The van der Waals surface area contributed by atoms with Gasteiger partial charge in [0.2, 0.25) is 0 Å². The van der Waals surface area contributed by atoms with Crippen LogP contribution in [0.1, 0.15) is 59.3 Å². The molecule has 1 rings (SSSR count). The lowest BCUT2D eigenvalue weighted by Gasteiger charge is -2.15. The van der Waals surface area contributed by atoms with Gasteiger partial charge >= 0.3 is 0 Å². The molecule has 0 saturated heterocycles. The molecule has 0 heterocycles. The van der Waals surface area contributed by atoms with Crippen LogP contribution in [0.5, 0.6) is 0 Å². The largest absolute Gasteiger partial charge is 0.300 e. The molecule has 1 fully saturated rings. The molecule has 1 aliphatic rings. The second kappa shape index (κ2) is 7.33. The van der Waals surface area contributed by atoms with Crippen molar-refractivity contribution in [3.63, 3.8) is 0 Å². The van der Waals surface area contributed by atoms with Crippen molar-refractivity contribution in [1.29, 1.82) is 0 Å². The van der Waals surface area contributed by atoms with E-state index in [1.807, 2.05) is 6.92 Å². The summed E-state index contributed by atoms with van der Waals surface area (Å²) in [5, 5.41) is 0. The van der Waals surface area contributed by atoms with Gasteiger partial charge in [-0.1, -0.05) is 46.0 Å². The molecule has 72 valence electrons. The Morgan fingerprint density at radius 3 is 1.83 bits per heavy atom. The maximum atomic E-state index is 9.81. The van der Waals surface area contributed by atoms with Gasteiger partial charge in [0.15, 0.2) is 0 Å². The van der Waals surface area contributed by atoms with Gasteiger partial charge in [-0.05, 0) is 12.8 Å². The summed E-state index contributed by atoms with van der Waals surface area (Å²) in [5.41, 5.74) is 0. The smallest absolute Gasteiger partial charge is 0.129 e. The van der Waals surface area contributed by atoms with Crippen LogP contribution in [0.3, 0.4) is 0 Å². The van der Waals surface area contributed by atoms with Crippen LogP contribution in [0, 0.1) is 5.92 Å². The van der Waals surface area contributed by atoms with Crippen molar-refractivity contribution in [2.24, 2.45) is 5.92 Å². The zero-order chi connectivity index (χ0) is 9.40. The van der Waals surface area contributed by atoms with Crippen LogP contribution >= 0.6 is 0 Å². The standard InChI is InChI=1S/C7H14.C4H8O/c1-7-5-3-2-4-6-7;1-3-4(2)5/h7H,2-6H2,1H3;3H2,1-2H3. The van der Waals surface area contributed by atoms with E-state index in [-0.39, 0.29) is 5.78 Å². The quantitative estimate of drug-likeness (QED) is 0.588. The molecule has 0 aliphatic heterocycles. The summed E-state index contributed by atoms with van der Waals surface area (Å²) in [4.78, 5) is 9.81. The van der Waals surface area contributed by atoms with Gasteiger partial charge in [-0.3, -0.25) is 0 Å². The number of rotatable bonds is 1. The maximum absolute atomic E-state index is 9.81. The van der Waals surface area contributed by atoms with Crippen LogP contribution < -0.4 is 0 Å². The summed E-state index contributed by atoms with van der Waals surface area (Å²) in [6.07, 6.45) is 8.10. The Kier molecular flexibility index (Phi) is 7.12. The molecular weight excluding hydrogens is 148 g/mol. The first-order valence-corrected chi connectivity index (χ1v) is 5.16. The Balaban J connectivity index is 0.000000217. The average molecular weight is 170 g/mol. The summed E-state index contributed by atoms with van der Waals surface area (Å²) >= 11 is 0. The number of ketones is 1. The minimum atomic E-state index is 0.255. The minimum absolute atomic E-state index is 0.255. The van der Waals surface area contributed by atoms with Gasteiger partial charge < -0.3 is 4.79 Å². The van der Waals surface area contributed by atoms with Crippen molar-refractivity contribution in [3.8, 4) is 0 Å². The topological polar surface area (TPSA) is 17.1 Å². The molecule has 0 atom stereocenters. The highest BCUT2D eigenvalue weighted by atomic mass is 16.1. The molecule has 0 aromatic rings. The third kappa shape index (κ3) is 7.77. The molecule has 0 radical (unpaired) electrons. The van der Waals surface area contributed by atoms with Gasteiger partial charge in [-0.15, -0.1) is 0 Å². The van der Waals surface area contributed by atoms with Crippen LogP contribution in [0.25, 0.3) is 0 Å². The summed E-state index contributed by atoms with van der Waals surface area (Å²) in [7, 11) is 0. The molecule has 0 unspecified atom stereocenters. The fourth-order valence-corrected chi connectivity index (χ4v) is 1.31. The van der Waals surface area contributed by atoms with Crippen molar-refractivity contribution in [3.05, 3.63) is 0 Å². The van der Waals surface area contributed by atoms with E-state index in [9.17, 15) is 4.79 Å². The Hall–Kier alpha value is -0.330. The molecule has 0 spiro atoms. The highest BCUT2D eigenvalue weighted by molar-refractivity contribution is 5.74. The lowest BCUT2D eigenvalue weighted by molar-refractivity contribution is -0.116. The van der Waals surface area contributed by atoms with Gasteiger partial charge in [0.1, 0.15) is 5.78 Å². The van der Waals surface area contributed by atoms with Gasteiger partial charge in [0, 0.05) is 6.42 Å². The second-order valence-electron chi connectivity index (χ2n) is 3.80. The van der Waals surface area contributed by atoms with Crippen molar-refractivity contribution in [2.75, 3.05) is 0 Å². The van der Waals surface area contributed by atoms with Gasteiger partial charge in [-0.2, -0.15) is 0 Å². The molecule has 1 heteroatoms. The number of hydrogen-bond donors (Lipinski definition) is 0. The molecule has 0 aromatic carbocycles. The van der Waals surface area contributed by atoms with E-state index in [0.29, 0.717) is 6.42 Å². The predicted molar refractivity (Wildman–Crippen MR) is 53.2 cm³/mol. The van der Waals surface area contributed by atoms with Crippen LogP contribution in [0.4, 0.5) is 0 Å². The molecule has 1 saturated carbocycles. The Morgan fingerprint density at radius 2 is 1.67 bits per heavy atom. The monoisotopic (exact) mass is 170 g/mol. The lowest BCUT2D eigenvalue weighted by atomic mass is 9.91. The first-order chi connectivity index (χ1) is 5.66. The van der Waals surface area contributed by atoms with Crippen LogP contribution in [0.2, 0.25) is 0 Å². The number of carbonyl (C=O) groups is 1. The first-order valence-electron chi connectivity index (χ1n) is 5.16. The van der Waals surface area contributed by atoms with Crippen molar-refractivity contribution in [2.45, 2.75) is 59.3 Å². The van der Waals surface area contributed by atoms with Crippen molar-refractivity contribution < 1.29 is 4.79 Å². The fraction of sp³-hybridized carbons (Fsp3) is 0.909. The van der Waals surface area contributed by atoms with E-state index < -0.39 is 0 Å². The third-order valence-electron chi connectivity index (χ3n) is 2.39. The molecule has 0 bridgehead atoms. The summed E-state index contributed by atoms with van der Waals surface area (Å²) in [6.45, 7) is 5.79. The van der Waals surface area contributed by atoms with Crippen LogP contribution in [0.15, 0.2) is 0 Å². The number of Topliss-reactive ketones (excluding diaryl/α,β-unsaturated/α-hetero) is 1. The first kappa shape index (κ1) is 11.7. The minimum Gasteiger partial charge on any atom is -0.300 e. The number of hydrogen-bond acceptors (Lipinski definition) is 1. The van der Waals surface area contributed by atoms with Crippen molar-refractivity contribution in [1.82, 2.24) is 0 Å². The van der Waals surface area contributed by atoms with E-state index in [1.165, 1.54) is 32.1 Å². The normalized spacial score (nSPS) is 17.9. The lowest BCUT2D eigenvalue weighted by Crippen LogP contribution is -1.99. The highest BCUT2D eigenvalue weighted by Crippen LogP contribution is 2.21. The zero-order valence-corrected chi connectivity index (χ0v) is 8.73. The molecule has 0 aromatic heterocycles. The third-order valence-corrected chi connectivity index (χ3v) is 2.39. The molecule has 1 nitrogen and oxygen atoms in total. The zero-order valence-electron chi connectivity index (χ0n) is 8.73. The van der Waals surface area contributed by atoms with Gasteiger partial charge in [-0.25, -0.2) is 0 Å². The summed E-state index contributed by atoms with van der Waals surface area (Å²) in [5.74, 6) is 1.29. The summed E-state index contributed by atoms with van der Waals surface area (Å²) < 4.78 is 0. The van der Waals surface area contributed by atoms with Crippen molar-refractivity contribution >= 4 is 5.78 Å².